The van der Waals surface area contributed by atoms with E-state index in [1.54, 1.807) is 0 Å². The van der Waals surface area contributed by atoms with Crippen LogP contribution in [0.4, 0.5) is 0 Å². The van der Waals surface area contributed by atoms with Gasteiger partial charge in [0.05, 0.1) is 13.1 Å². The molecule has 1 unspecified atom stereocenters. The summed E-state index contributed by atoms with van der Waals surface area (Å²) in [4.78, 5) is 11.6. The molecule has 88 valence electrons. The van der Waals surface area contributed by atoms with Crippen molar-refractivity contribution < 1.29 is 9.90 Å². The Kier molecular flexibility index (Phi) is 2.84. The van der Waals surface area contributed by atoms with Crippen LogP contribution in [0.2, 0.25) is 23.2 Å². The predicted octanol–water partition coefficient (Wildman–Crippen LogP) is 3.75. The monoisotopic (exact) mass is 228 g/mol. The first-order chi connectivity index (χ1) is 6.55. The molecule has 3 heteroatoms. The SMILES string of the molecule is CC(C)(C)[Si](C)(C)C(C)(C(=O)O)C1CC1. The third kappa shape index (κ3) is 1.75. The lowest BCUT2D eigenvalue weighted by Crippen LogP contribution is -2.53. The summed E-state index contributed by atoms with van der Waals surface area (Å²) < 4.78 is 0. The Hall–Kier alpha value is -0.313. The standard InChI is InChI=1S/C12H24O2Si/c1-11(2,3)15(5,6)12(4,10(13)14)9-7-8-9/h9H,7-8H2,1-6H3,(H,13,14). The molecule has 0 aromatic heterocycles. The summed E-state index contributed by atoms with van der Waals surface area (Å²) in [5.74, 6) is -0.146. The molecule has 0 saturated heterocycles. The van der Waals surface area contributed by atoms with Gasteiger partial charge in [0.15, 0.2) is 0 Å². The lowest BCUT2D eigenvalue weighted by atomic mass is 10.1. The number of aliphatic carboxylic acids is 1. The minimum absolute atomic E-state index is 0.142. The first-order valence-corrected chi connectivity index (χ1v) is 8.78. The van der Waals surface area contributed by atoms with Gasteiger partial charge in [0.2, 0.25) is 0 Å². The summed E-state index contributed by atoms with van der Waals surface area (Å²) in [6, 6.07) is 0. The first kappa shape index (κ1) is 12.8. The van der Waals surface area contributed by atoms with Crippen molar-refractivity contribution >= 4 is 14.0 Å². The Labute approximate surface area is 94.1 Å². The molecular formula is C12H24O2Si. The highest BCUT2D eigenvalue weighted by atomic mass is 28.3. The van der Waals surface area contributed by atoms with Crippen molar-refractivity contribution in [3.05, 3.63) is 0 Å². The van der Waals surface area contributed by atoms with Gasteiger partial charge in [0, 0.05) is 0 Å². The number of hydrogen-bond acceptors (Lipinski definition) is 1. The van der Waals surface area contributed by atoms with Gasteiger partial charge in [-0.2, -0.15) is 0 Å². The van der Waals surface area contributed by atoms with Crippen molar-refractivity contribution in [1.82, 2.24) is 0 Å². The number of carboxylic acids is 1. The van der Waals surface area contributed by atoms with Crippen LogP contribution in [-0.4, -0.2) is 19.1 Å². The maximum atomic E-state index is 11.6. The van der Waals surface area contributed by atoms with Crippen molar-refractivity contribution in [2.24, 2.45) is 5.92 Å². The largest absolute Gasteiger partial charge is 0.481 e. The fourth-order valence-electron chi connectivity index (χ4n) is 2.39. The summed E-state index contributed by atoms with van der Waals surface area (Å²) >= 11 is 0. The van der Waals surface area contributed by atoms with Crippen LogP contribution in [0.5, 0.6) is 0 Å². The van der Waals surface area contributed by atoms with E-state index in [9.17, 15) is 9.90 Å². The molecule has 1 aliphatic rings. The average molecular weight is 228 g/mol. The quantitative estimate of drug-likeness (QED) is 0.747. The second kappa shape index (κ2) is 3.34. The predicted molar refractivity (Wildman–Crippen MR) is 65.9 cm³/mol. The van der Waals surface area contributed by atoms with E-state index in [0.717, 1.165) is 12.8 Å². The van der Waals surface area contributed by atoms with E-state index in [0.29, 0.717) is 5.92 Å². The van der Waals surface area contributed by atoms with E-state index in [4.69, 9.17) is 0 Å². The Bertz CT molecular complexity index is 274. The molecule has 0 aromatic rings. The van der Waals surface area contributed by atoms with Crippen LogP contribution in [0.15, 0.2) is 0 Å². The summed E-state index contributed by atoms with van der Waals surface area (Å²) in [5.41, 5.74) is 0. The normalized spacial score (nSPS) is 22.3. The molecule has 1 rings (SSSR count). The zero-order chi connectivity index (χ0) is 12.1. The fourth-order valence-corrected chi connectivity index (χ4v) is 5.79. The molecule has 1 fully saturated rings. The minimum Gasteiger partial charge on any atom is -0.481 e. The van der Waals surface area contributed by atoms with E-state index in [1.807, 2.05) is 6.92 Å². The summed E-state index contributed by atoms with van der Waals surface area (Å²) in [6.07, 6.45) is 2.21. The smallest absolute Gasteiger partial charge is 0.306 e. The zero-order valence-electron chi connectivity index (χ0n) is 10.8. The average Bonchev–Trinajstić information content (AvgIpc) is 2.82. The van der Waals surface area contributed by atoms with Crippen LogP contribution in [0.3, 0.4) is 0 Å². The van der Waals surface area contributed by atoms with Crippen molar-refractivity contribution in [2.45, 2.75) is 63.7 Å². The Balaban J connectivity index is 3.15. The highest BCUT2D eigenvalue weighted by molar-refractivity contribution is 6.85. The molecule has 1 N–H and O–H groups in total. The molecule has 15 heavy (non-hydrogen) atoms. The van der Waals surface area contributed by atoms with Gasteiger partial charge in [-0.15, -0.1) is 0 Å². The molecule has 0 amide bonds. The highest BCUT2D eigenvalue weighted by Crippen LogP contribution is 2.62. The molecular weight excluding hydrogens is 204 g/mol. The van der Waals surface area contributed by atoms with E-state index < -0.39 is 19.1 Å². The topological polar surface area (TPSA) is 37.3 Å². The zero-order valence-corrected chi connectivity index (χ0v) is 11.8. The molecule has 0 heterocycles. The van der Waals surface area contributed by atoms with E-state index >= 15 is 0 Å². The van der Waals surface area contributed by atoms with Gasteiger partial charge < -0.3 is 5.11 Å². The van der Waals surface area contributed by atoms with Crippen molar-refractivity contribution in [3.8, 4) is 0 Å². The van der Waals surface area contributed by atoms with Gasteiger partial charge in [0.1, 0.15) is 0 Å². The van der Waals surface area contributed by atoms with Crippen LogP contribution in [0.25, 0.3) is 0 Å². The van der Waals surface area contributed by atoms with Gasteiger partial charge in [-0.25, -0.2) is 0 Å². The first-order valence-electron chi connectivity index (χ1n) is 5.78. The lowest BCUT2D eigenvalue weighted by Gasteiger charge is -2.48. The van der Waals surface area contributed by atoms with Crippen molar-refractivity contribution in [1.29, 1.82) is 0 Å². The summed E-state index contributed by atoms with van der Waals surface area (Å²) in [5, 5.41) is 9.27. The van der Waals surface area contributed by atoms with Crippen molar-refractivity contribution in [3.63, 3.8) is 0 Å². The summed E-state index contributed by atoms with van der Waals surface area (Å²) in [7, 11) is -1.82. The molecule has 0 aromatic carbocycles. The van der Waals surface area contributed by atoms with Crippen LogP contribution in [0.1, 0.15) is 40.5 Å². The molecule has 0 spiro atoms. The number of carboxylic acid groups (broad SMARTS) is 1. The molecule has 1 atom stereocenters. The summed E-state index contributed by atoms with van der Waals surface area (Å²) in [6.45, 7) is 13.1. The third-order valence-electron chi connectivity index (χ3n) is 5.01. The van der Waals surface area contributed by atoms with Gasteiger partial charge in [-0.1, -0.05) is 40.8 Å². The van der Waals surface area contributed by atoms with Gasteiger partial charge >= 0.3 is 5.97 Å². The van der Waals surface area contributed by atoms with Crippen LogP contribution in [-0.2, 0) is 4.79 Å². The number of carbonyl (C=O) groups is 1. The van der Waals surface area contributed by atoms with E-state index in [1.165, 1.54) is 0 Å². The number of hydrogen-bond donors (Lipinski definition) is 1. The lowest BCUT2D eigenvalue weighted by molar-refractivity contribution is -0.141. The van der Waals surface area contributed by atoms with Gasteiger partial charge in [-0.05, 0) is 23.8 Å². The molecule has 0 aliphatic heterocycles. The maximum Gasteiger partial charge on any atom is 0.306 e. The van der Waals surface area contributed by atoms with Crippen LogP contribution in [0, 0.1) is 5.92 Å². The molecule has 0 radical (unpaired) electrons. The molecule has 1 saturated carbocycles. The van der Waals surface area contributed by atoms with E-state index in [2.05, 4.69) is 33.9 Å². The second-order valence-corrected chi connectivity index (χ2v) is 12.4. The fraction of sp³-hybridized carbons (Fsp3) is 0.917. The maximum absolute atomic E-state index is 11.6. The third-order valence-corrected chi connectivity index (χ3v) is 12.0. The van der Waals surface area contributed by atoms with E-state index in [-0.39, 0.29) is 5.04 Å². The Morgan fingerprint density at radius 3 is 1.80 bits per heavy atom. The highest BCUT2D eigenvalue weighted by Gasteiger charge is 2.61. The number of rotatable bonds is 3. The Morgan fingerprint density at radius 2 is 1.60 bits per heavy atom. The van der Waals surface area contributed by atoms with Crippen LogP contribution >= 0.6 is 0 Å². The minimum atomic E-state index is -1.82. The van der Waals surface area contributed by atoms with Crippen LogP contribution < -0.4 is 0 Å². The van der Waals surface area contributed by atoms with Gasteiger partial charge in [-0.3, -0.25) is 4.79 Å². The molecule has 2 nitrogen and oxygen atoms in total. The molecule has 0 bridgehead atoms. The van der Waals surface area contributed by atoms with Crippen molar-refractivity contribution in [2.75, 3.05) is 0 Å². The second-order valence-electron chi connectivity index (χ2n) is 6.66. The van der Waals surface area contributed by atoms with Gasteiger partial charge in [0.25, 0.3) is 0 Å². The Morgan fingerprint density at radius 1 is 1.20 bits per heavy atom. The molecule has 1 aliphatic carbocycles.